The van der Waals surface area contributed by atoms with Gasteiger partial charge < -0.3 is 29.9 Å². The van der Waals surface area contributed by atoms with Gasteiger partial charge in [0.15, 0.2) is 23.0 Å². The molecule has 0 unspecified atom stereocenters. The maximum atomic E-state index is 10.2. The lowest BCUT2D eigenvalue weighted by Gasteiger charge is -2.19. The summed E-state index contributed by atoms with van der Waals surface area (Å²) in [6.07, 6.45) is 2.47. The number of rotatable bonds is 7. The van der Waals surface area contributed by atoms with E-state index in [1.807, 2.05) is 0 Å². The summed E-state index contributed by atoms with van der Waals surface area (Å²) in [4.78, 5) is 0. The molecule has 0 radical (unpaired) electrons. The lowest BCUT2D eigenvalue weighted by molar-refractivity contribution is 0.0842. The third-order valence-electron chi connectivity index (χ3n) is 3.89. The molecule has 0 heterocycles. The van der Waals surface area contributed by atoms with Crippen molar-refractivity contribution in [2.45, 2.75) is 12.0 Å². The first-order valence-electron chi connectivity index (χ1n) is 7.71. The first kappa shape index (κ1) is 18.6. The van der Waals surface area contributed by atoms with Crippen LogP contribution in [0.4, 0.5) is 0 Å². The van der Waals surface area contributed by atoms with E-state index in [2.05, 4.69) is 0 Å². The monoisotopic (exact) mass is 346 g/mol. The number of ether oxygens (including phenoxy) is 2. The van der Waals surface area contributed by atoms with Crippen molar-refractivity contribution >= 4 is 6.08 Å². The van der Waals surface area contributed by atoms with Crippen molar-refractivity contribution in [2.24, 2.45) is 0 Å². The number of aliphatic hydroxyl groups is 2. The number of aliphatic hydroxyl groups excluding tert-OH is 2. The fourth-order valence-electron chi connectivity index (χ4n) is 2.49. The van der Waals surface area contributed by atoms with Gasteiger partial charge in [-0.15, -0.1) is 0 Å². The molecule has 2 atom stereocenters. The molecule has 0 aliphatic heterocycles. The van der Waals surface area contributed by atoms with Crippen molar-refractivity contribution < 1.29 is 29.9 Å². The lowest BCUT2D eigenvalue weighted by Crippen LogP contribution is -2.21. The van der Waals surface area contributed by atoms with Crippen LogP contribution in [0.15, 0.2) is 42.5 Å². The maximum Gasteiger partial charge on any atom is 0.161 e. The van der Waals surface area contributed by atoms with Gasteiger partial charge in [0.1, 0.15) is 0 Å². The zero-order valence-corrected chi connectivity index (χ0v) is 14.1. The maximum absolute atomic E-state index is 10.2. The number of hydrogen-bond donors (Lipinski definition) is 4. The molecule has 6 nitrogen and oxygen atoms in total. The Morgan fingerprint density at radius 1 is 0.960 bits per heavy atom. The van der Waals surface area contributed by atoms with Gasteiger partial charge in [0, 0.05) is 5.92 Å². The molecule has 2 rings (SSSR count). The fraction of sp³-hybridized carbons (Fsp3) is 0.263. The molecule has 0 aliphatic carbocycles. The third kappa shape index (κ3) is 4.43. The summed E-state index contributed by atoms with van der Waals surface area (Å²) in [5, 5.41) is 38.9. The summed E-state index contributed by atoms with van der Waals surface area (Å²) in [5.74, 6) is 0.143. The van der Waals surface area contributed by atoms with Gasteiger partial charge >= 0.3 is 0 Å². The van der Waals surface area contributed by atoms with Crippen LogP contribution in [0.25, 0.3) is 6.08 Å². The van der Waals surface area contributed by atoms with Gasteiger partial charge in [0.2, 0.25) is 0 Å². The van der Waals surface area contributed by atoms with E-state index in [1.54, 1.807) is 36.4 Å². The zero-order valence-electron chi connectivity index (χ0n) is 14.1. The van der Waals surface area contributed by atoms with Gasteiger partial charge in [-0.25, -0.2) is 0 Å². The van der Waals surface area contributed by atoms with E-state index in [9.17, 15) is 20.4 Å². The van der Waals surface area contributed by atoms with Crippen LogP contribution in [0.3, 0.4) is 0 Å². The van der Waals surface area contributed by atoms with E-state index in [0.29, 0.717) is 11.3 Å². The molecule has 0 amide bonds. The highest BCUT2D eigenvalue weighted by Crippen LogP contribution is 2.32. The van der Waals surface area contributed by atoms with Crippen LogP contribution in [0.2, 0.25) is 0 Å². The van der Waals surface area contributed by atoms with E-state index in [1.165, 1.54) is 26.4 Å². The number of phenolic OH excluding ortho intramolecular Hbond substituents is 2. The van der Waals surface area contributed by atoms with Crippen molar-refractivity contribution in [1.82, 2.24) is 0 Å². The summed E-state index contributed by atoms with van der Waals surface area (Å²) in [7, 11) is 2.90. The minimum Gasteiger partial charge on any atom is -0.504 e. The smallest absolute Gasteiger partial charge is 0.161 e. The first-order chi connectivity index (χ1) is 12.0. The van der Waals surface area contributed by atoms with Crippen LogP contribution in [0, 0.1) is 0 Å². The predicted molar refractivity (Wildman–Crippen MR) is 94.2 cm³/mol. The molecule has 0 saturated heterocycles. The van der Waals surface area contributed by atoms with Gasteiger partial charge in [0.25, 0.3) is 0 Å². The quantitative estimate of drug-likeness (QED) is 0.614. The highest BCUT2D eigenvalue weighted by molar-refractivity contribution is 5.57. The Hall–Kier alpha value is -2.70. The first-order valence-corrected chi connectivity index (χ1v) is 7.71. The molecule has 0 bridgehead atoms. The molecule has 4 N–H and O–H groups in total. The average molecular weight is 346 g/mol. The number of aromatic hydroxyl groups is 2. The second-order valence-electron chi connectivity index (χ2n) is 5.50. The SMILES string of the molecule is COc1cc(/C=C/[C@H](c2ccc(O)c(OC)c2)[C@H](O)CO)ccc1O. The lowest BCUT2D eigenvalue weighted by atomic mass is 9.92. The van der Waals surface area contributed by atoms with E-state index < -0.39 is 18.6 Å². The molecular weight excluding hydrogens is 324 g/mol. The highest BCUT2D eigenvalue weighted by Gasteiger charge is 2.19. The number of phenols is 2. The van der Waals surface area contributed by atoms with Crippen molar-refractivity contribution in [2.75, 3.05) is 20.8 Å². The van der Waals surface area contributed by atoms with Gasteiger partial charge in [-0.2, -0.15) is 0 Å². The normalized spacial score (nSPS) is 13.6. The zero-order chi connectivity index (χ0) is 18.4. The largest absolute Gasteiger partial charge is 0.504 e. The van der Waals surface area contributed by atoms with Crippen LogP contribution < -0.4 is 9.47 Å². The molecule has 0 fully saturated rings. The van der Waals surface area contributed by atoms with Crippen LogP contribution in [0.5, 0.6) is 23.0 Å². The van der Waals surface area contributed by atoms with Crippen molar-refractivity contribution in [3.63, 3.8) is 0 Å². The van der Waals surface area contributed by atoms with Gasteiger partial charge in [-0.1, -0.05) is 24.3 Å². The van der Waals surface area contributed by atoms with Gasteiger partial charge in [-0.05, 0) is 35.4 Å². The second kappa shape index (κ2) is 8.41. The third-order valence-corrected chi connectivity index (χ3v) is 3.89. The van der Waals surface area contributed by atoms with E-state index >= 15 is 0 Å². The minimum atomic E-state index is -1.02. The van der Waals surface area contributed by atoms with Crippen molar-refractivity contribution in [3.8, 4) is 23.0 Å². The predicted octanol–water partition coefficient (Wildman–Crippen LogP) is 2.27. The van der Waals surface area contributed by atoms with E-state index in [-0.39, 0.29) is 17.2 Å². The Morgan fingerprint density at radius 3 is 2.16 bits per heavy atom. The van der Waals surface area contributed by atoms with Gasteiger partial charge in [-0.3, -0.25) is 0 Å². The topological polar surface area (TPSA) is 99.4 Å². The Labute approximate surface area is 146 Å². The van der Waals surface area contributed by atoms with Crippen LogP contribution in [-0.4, -0.2) is 47.4 Å². The molecule has 0 aromatic heterocycles. The van der Waals surface area contributed by atoms with Crippen LogP contribution in [-0.2, 0) is 0 Å². The summed E-state index contributed by atoms with van der Waals surface area (Å²) >= 11 is 0. The highest BCUT2D eigenvalue weighted by atomic mass is 16.5. The van der Waals surface area contributed by atoms with E-state index in [0.717, 1.165) is 5.56 Å². The van der Waals surface area contributed by atoms with Crippen molar-refractivity contribution in [3.05, 3.63) is 53.6 Å². The number of hydrogen-bond acceptors (Lipinski definition) is 6. The summed E-state index contributed by atoms with van der Waals surface area (Å²) < 4.78 is 10.2. The Bertz CT molecular complexity index is 741. The summed E-state index contributed by atoms with van der Waals surface area (Å²) in [6.45, 7) is -0.420. The van der Waals surface area contributed by atoms with Crippen LogP contribution in [0.1, 0.15) is 17.0 Å². The van der Waals surface area contributed by atoms with E-state index in [4.69, 9.17) is 9.47 Å². The molecule has 2 aromatic carbocycles. The minimum absolute atomic E-state index is 0.00395. The molecule has 6 heteroatoms. The molecule has 2 aromatic rings. The average Bonchev–Trinajstić information content (AvgIpc) is 2.63. The standard InChI is InChI=1S/C19H22O6/c1-24-18-9-12(4-7-15(18)21)3-6-14(17(23)11-20)13-5-8-16(22)19(10-13)25-2/h3-10,14,17,20-23H,11H2,1-2H3/b6-3+/t14-,17-/m1/s1. The molecule has 25 heavy (non-hydrogen) atoms. The van der Waals surface area contributed by atoms with Crippen molar-refractivity contribution in [1.29, 1.82) is 0 Å². The molecule has 134 valence electrons. The molecule has 0 saturated carbocycles. The number of benzene rings is 2. The van der Waals surface area contributed by atoms with Crippen LogP contribution >= 0.6 is 0 Å². The van der Waals surface area contributed by atoms with Gasteiger partial charge in [0.05, 0.1) is 26.9 Å². The molecular formula is C19H22O6. The number of methoxy groups -OCH3 is 2. The fourth-order valence-corrected chi connectivity index (χ4v) is 2.49. The molecule has 0 spiro atoms. The Kier molecular flexibility index (Phi) is 6.27. The summed E-state index contributed by atoms with van der Waals surface area (Å²) in [5.41, 5.74) is 1.44. The molecule has 0 aliphatic rings. The Balaban J connectivity index is 2.35. The summed E-state index contributed by atoms with van der Waals surface area (Å²) in [6, 6.07) is 9.62. The second-order valence-corrected chi connectivity index (χ2v) is 5.50. The Morgan fingerprint density at radius 2 is 1.56 bits per heavy atom.